The molecule has 1 aromatic rings. The Morgan fingerprint density at radius 3 is 2.67 bits per heavy atom. The number of ether oxygens (including phenoxy) is 1. The molecule has 0 bridgehead atoms. The SMILES string of the molecule is CC(C)COC1CC(NCc2cccc(CO)c2)C1(C)C. The van der Waals surface area contributed by atoms with Crippen molar-refractivity contribution in [3.63, 3.8) is 0 Å². The third-order valence-corrected chi connectivity index (χ3v) is 4.54. The summed E-state index contributed by atoms with van der Waals surface area (Å²) in [5.74, 6) is 0.592. The van der Waals surface area contributed by atoms with Crippen molar-refractivity contribution < 1.29 is 9.84 Å². The zero-order valence-corrected chi connectivity index (χ0v) is 13.7. The van der Waals surface area contributed by atoms with Crippen LogP contribution in [0.2, 0.25) is 0 Å². The third kappa shape index (κ3) is 4.06. The van der Waals surface area contributed by atoms with Gasteiger partial charge in [-0.2, -0.15) is 0 Å². The number of aliphatic hydroxyl groups is 1. The largest absolute Gasteiger partial charge is 0.392 e. The summed E-state index contributed by atoms with van der Waals surface area (Å²) in [5.41, 5.74) is 2.38. The zero-order chi connectivity index (χ0) is 15.5. The van der Waals surface area contributed by atoms with Crippen LogP contribution < -0.4 is 5.32 Å². The number of nitrogens with one attached hydrogen (secondary N) is 1. The molecule has 1 aromatic carbocycles. The van der Waals surface area contributed by atoms with Crippen LogP contribution in [-0.4, -0.2) is 23.9 Å². The minimum atomic E-state index is 0.105. The van der Waals surface area contributed by atoms with Crippen LogP contribution in [0, 0.1) is 11.3 Å². The summed E-state index contributed by atoms with van der Waals surface area (Å²) in [6.45, 7) is 10.7. The highest BCUT2D eigenvalue weighted by molar-refractivity contribution is 5.23. The van der Waals surface area contributed by atoms with Crippen LogP contribution >= 0.6 is 0 Å². The molecule has 2 N–H and O–H groups in total. The molecule has 1 fully saturated rings. The number of aliphatic hydroxyl groups excluding tert-OH is 1. The molecule has 0 spiro atoms. The average Bonchev–Trinajstić information content (AvgIpc) is 2.45. The van der Waals surface area contributed by atoms with Gasteiger partial charge < -0.3 is 15.2 Å². The van der Waals surface area contributed by atoms with Crippen molar-refractivity contribution in [2.24, 2.45) is 11.3 Å². The lowest BCUT2D eigenvalue weighted by Gasteiger charge is -2.52. The van der Waals surface area contributed by atoms with Crippen LogP contribution in [0.5, 0.6) is 0 Å². The van der Waals surface area contributed by atoms with E-state index in [-0.39, 0.29) is 12.0 Å². The van der Waals surface area contributed by atoms with Gasteiger partial charge in [0.05, 0.1) is 12.7 Å². The van der Waals surface area contributed by atoms with E-state index in [0.29, 0.717) is 18.1 Å². The quantitative estimate of drug-likeness (QED) is 0.811. The summed E-state index contributed by atoms with van der Waals surface area (Å²) in [7, 11) is 0. The molecular weight excluding hydrogens is 262 g/mol. The Hall–Kier alpha value is -0.900. The van der Waals surface area contributed by atoms with Gasteiger partial charge in [0.2, 0.25) is 0 Å². The lowest BCUT2D eigenvalue weighted by atomic mass is 9.64. The van der Waals surface area contributed by atoms with Crippen LogP contribution in [0.3, 0.4) is 0 Å². The van der Waals surface area contributed by atoms with Gasteiger partial charge in [-0.3, -0.25) is 0 Å². The van der Waals surface area contributed by atoms with Gasteiger partial charge in [0, 0.05) is 24.6 Å². The van der Waals surface area contributed by atoms with Crippen LogP contribution in [0.15, 0.2) is 24.3 Å². The van der Waals surface area contributed by atoms with E-state index in [1.54, 1.807) is 0 Å². The molecule has 2 rings (SSSR count). The first-order valence-corrected chi connectivity index (χ1v) is 7.97. The molecule has 1 saturated carbocycles. The summed E-state index contributed by atoms with van der Waals surface area (Å²) >= 11 is 0. The fourth-order valence-corrected chi connectivity index (χ4v) is 2.90. The van der Waals surface area contributed by atoms with Gasteiger partial charge in [-0.15, -0.1) is 0 Å². The fraction of sp³-hybridized carbons (Fsp3) is 0.667. The van der Waals surface area contributed by atoms with Crippen LogP contribution in [-0.2, 0) is 17.9 Å². The van der Waals surface area contributed by atoms with E-state index in [9.17, 15) is 5.11 Å². The Labute approximate surface area is 128 Å². The second kappa shape index (κ2) is 6.91. The van der Waals surface area contributed by atoms with Crippen molar-refractivity contribution in [2.45, 2.75) is 59.4 Å². The summed E-state index contributed by atoms with van der Waals surface area (Å²) in [6.07, 6.45) is 1.44. The highest BCUT2D eigenvalue weighted by atomic mass is 16.5. The van der Waals surface area contributed by atoms with E-state index in [2.05, 4.69) is 45.1 Å². The first kappa shape index (κ1) is 16.5. The minimum Gasteiger partial charge on any atom is -0.392 e. The highest BCUT2D eigenvalue weighted by Gasteiger charge is 2.48. The van der Waals surface area contributed by atoms with Gasteiger partial charge in [0.1, 0.15) is 0 Å². The predicted molar refractivity (Wildman–Crippen MR) is 86.0 cm³/mol. The standard InChI is InChI=1S/C18H29NO2/c1-13(2)12-21-17-9-16(18(17,3)4)19-10-14-6-5-7-15(8-14)11-20/h5-8,13,16-17,19-20H,9-12H2,1-4H3. The lowest BCUT2D eigenvalue weighted by Crippen LogP contribution is -2.60. The van der Waals surface area contributed by atoms with Crippen LogP contribution in [0.1, 0.15) is 45.2 Å². The zero-order valence-electron chi connectivity index (χ0n) is 13.7. The molecule has 0 aromatic heterocycles. The molecule has 0 aliphatic heterocycles. The Bertz CT molecular complexity index is 456. The Balaban J connectivity index is 1.82. The normalized spacial score (nSPS) is 24.1. The third-order valence-electron chi connectivity index (χ3n) is 4.54. The predicted octanol–water partition coefficient (Wildman–Crippen LogP) is 3.11. The second-order valence-corrected chi connectivity index (χ2v) is 7.18. The maximum absolute atomic E-state index is 9.18. The van der Waals surface area contributed by atoms with Gasteiger partial charge >= 0.3 is 0 Å². The maximum atomic E-state index is 9.18. The Morgan fingerprint density at radius 1 is 1.33 bits per heavy atom. The average molecular weight is 291 g/mol. The highest BCUT2D eigenvalue weighted by Crippen LogP contribution is 2.43. The smallest absolute Gasteiger partial charge is 0.0681 e. The molecule has 0 heterocycles. The molecule has 1 aliphatic rings. The molecule has 1 aliphatic carbocycles. The summed E-state index contributed by atoms with van der Waals surface area (Å²) in [4.78, 5) is 0. The van der Waals surface area contributed by atoms with Crippen LogP contribution in [0.25, 0.3) is 0 Å². The van der Waals surface area contributed by atoms with Crippen molar-refractivity contribution in [1.82, 2.24) is 5.32 Å². The second-order valence-electron chi connectivity index (χ2n) is 7.18. The van der Waals surface area contributed by atoms with E-state index in [0.717, 1.165) is 25.1 Å². The van der Waals surface area contributed by atoms with Gasteiger partial charge in [-0.05, 0) is 23.5 Å². The lowest BCUT2D eigenvalue weighted by molar-refractivity contribution is -0.124. The van der Waals surface area contributed by atoms with Gasteiger partial charge in [-0.25, -0.2) is 0 Å². The molecular formula is C18H29NO2. The Morgan fingerprint density at radius 2 is 2.05 bits per heavy atom. The summed E-state index contributed by atoms with van der Waals surface area (Å²) in [6, 6.07) is 8.61. The summed E-state index contributed by atoms with van der Waals surface area (Å²) < 4.78 is 6.00. The van der Waals surface area contributed by atoms with Crippen LogP contribution in [0.4, 0.5) is 0 Å². The Kier molecular flexibility index (Phi) is 5.42. The van der Waals surface area contributed by atoms with Gasteiger partial charge in [0.25, 0.3) is 0 Å². The molecule has 0 saturated heterocycles. The van der Waals surface area contributed by atoms with Crippen molar-refractivity contribution in [3.8, 4) is 0 Å². The molecule has 0 radical (unpaired) electrons. The number of benzene rings is 1. The monoisotopic (exact) mass is 291 g/mol. The number of rotatable bonds is 7. The van der Waals surface area contributed by atoms with Crippen molar-refractivity contribution in [1.29, 1.82) is 0 Å². The van der Waals surface area contributed by atoms with E-state index >= 15 is 0 Å². The molecule has 3 nitrogen and oxygen atoms in total. The fourth-order valence-electron chi connectivity index (χ4n) is 2.90. The first-order chi connectivity index (χ1) is 9.93. The topological polar surface area (TPSA) is 41.5 Å². The summed E-state index contributed by atoms with van der Waals surface area (Å²) in [5, 5.41) is 12.8. The molecule has 0 amide bonds. The molecule has 21 heavy (non-hydrogen) atoms. The molecule has 2 atom stereocenters. The first-order valence-electron chi connectivity index (χ1n) is 7.97. The van der Waals surface area contributed by atoms with E-state index in [1.165, 1.54) is 5.56 Å². The molecule has 2 unspecified atom stereocenters. The van der Waals surface area contributed by atoms with E-state index in [1.807, 2.05) is 12.1 Å². The number of hydrogen-bond acceptors (Lipinski definition) is 3. The number of hydrogen-bond donors (Lipinski definition) is 2. The van der Waals surface area contributed by atoms with Crippen molar-refractivity contribution in [3.05, 3.63) is 35.4 Å². The van der Waals surface area contributed by atoms with E-state index < -0.39 is 0 Å². The van der Waals surface area contributed by atoms with Crippen molar-refractivity contribution in [2.75, 3.05) is 6.61 Å². The van der Waals surface area contributed by atoms with Gasteiger partial charge in [-0.1, -0.05) is 52.0 Å². The maximum Gasteiger partial charge on any atom is 0.0681 e. The molecule has 118 valence electrons. The minimum absolute atomic E-state index is 0.105. The van der Waals surface area contributed by atoms with Gasteiger partial charge in [0.15, 0.2) is 0 Å². The van der Waals surface area contributed by atoms with Crippen molar-refractivity contribution >= 4 is 0 Å². The molecule has 3 heteroatoms. The van der Waals surface area contributed by atoms with E-state index in [4.69, 9.17) is 4.74 Å².